The minimum Gasteiger partial charge on any atom is -0.462 e. The predicted octanol–water partition coefficient (Wildman–Crippen LogP) is 4.08. The second kappa shape index (κ2) is 9.82. The summed E-state index contributed by atoms with van der Waals surface area (Å²) in [6.07, 6.45) is -0.627. The standard InChI is InChI=1S/C23H24ClN3O5/c1-5-25-23(30)32-12-18-26-16-11-13(3)19(22(29)31-6-2)14(4)20(16)21(28)27(18)17-10-8-7-9-15(17)24/h7-11H,5-6,12H2,1-4H3,(H,25,30). The van der Waals surface area contributed by atoms with Crippen LogP contribution < -0.4 is 10.9 Å². The summed E-state index contributed by atoms with van der Waals surface area (Å²) in [4.78, 5) is 42.7. The van der Waals surface area contributed by atoms with Crippen molar-refractivity contribution < 1.29 is 19.1 Å². The molecule has 168 valence electrons. The summed E-state index contributed by atoms with van der Waals surface area (Å²) in [5, 5.41) is 3.12. The quantitative estimate of drug-likeness (QED) is 0.560. The Balaban J connectivity index is 2.31. The van der Waals surface area contributed by atoms with E-state index in [4.69, 9.17) is 21.1 Å². The highest BCUT2D eigenvalue weighted by atomic mass is 35.5. The van der Waals surface area contributed by atoms with Crippen molar-refractivity contribution in [2.45, 2.75) is 34.3 Å². The molecule has 9 heteroatoms. The van der Waals surface area contributed by atoms with Gasteiger partial charge in [-0.1, -0.05) is 23.7 Å². The fraction of sp³-hybridized carbons (Fsp3) is 0.304. The molecule has 0 radical (unpaired) electrons. The molecule has 3 rings (SSSR count). The summed E-state index contributed by atoms with van der Waals surface area (Å²) in [6.45, 7) is 7.29. The molecule has 0 fully saturated rings. The average molecular weight is 458 g/mol. The average Bonchev–Trinajstić information content (AvgIpc) is 2.73. The van der Waals surface area contributed by atoms with Crippen molar-refractivity contribution >= 4 is 34.6 Å². The van der Waals surface area contributed by atoms with Crippen LogP contribution in [-0.2, 0) is 16.1 Å². The maximum Gasteiger partial charge on any atom is 0.407 e. The number of ether oxygens (including phenoxy) is 2. The first-order valence-electron chi connectivity index (χ1n) is 10.2. The summed E-state index contributed by atoms with van der Waals surface area (Å²) in [7, 11) is 0. The number of carbonyl (C=O) groups is 2. The van der Waals surface area contributed by atoms with Gasteiger partial charge in [-0.2, -0.15) is 0 Å². The number of fused-ring (bicyclic) bond motifs is 1. The number of aromatic nitrogens is 2. The summed E-state index contributed by atoms with van der Waals surface area (Å²) in [5.74, 6) is -0.304. The third-order valence-corrected chi connectivity index (χ3v) is 5.22. The van der Waals surface area contributed by atoms with Crippen LogP contribution in [0.15, 0.2) is 35.1 Å². The number of amides is 1. The number of para-hydroxylation sites is 1. The third-order valence-electron chi connectivity index (χ3n) is 4.90. The van der Waals surface area contributed by atoms with E-state index in [2.05, 4.69) is 10.3 Å². The van der Waals surface area contributed by atoms with Gasteiger partial charge in [0.1, 0.15) is 0 Å². The molecule has 1 heterocycles. The van der Waals surface area contributed by atoms with Crippen molar-refractivity contribution in [3.63, 3.8) is 0 Å². The molecular formula is C23H24ClN3O5. The molecule has 32 heavy (non-hydrogen) atoms. The zero-order chi connectivity index (χ0) is 23.4. The molecule has 0 bridgehead atoms. The monoisotopic (exact) mass is 457 g/mol. The molecule has 0 spiro atoms. The summed E-state index contributed by atoms with van der Waals surface area (Å²) in [5.41, 5.74) is 1.77. The van der Waals surface area contributed by atoms with Gasteiger partial charge in [-0.25, -0.2) is 14.6 Å². The Labute approximate surface area is 190 Å². The molecule has 3 aromatic rings. The van der Waals surface area contributed by atoms with E-state index in [-0.39, 0.29) is 24.4 Å². The van der Waals surface area contributed by atoms with Crippen LogP contribution in [-0.4, -0.2) is 34.8 Å². The van der Waals surface area contributed by atoms with Crippen LogP contribution in [0, 0.1) is 13.8 Å². The van der Waals surface area contributed by atoms with Crippen molar-refractivity contribution in [2.24, 2.45) is 0 Å². The van der Waals surface area contributed by atoms with Crippen molar-refractivity contribution in [3.05, 3.63) is 68.2 Å². The largest absolute Gasteiger partial charge is 0.462 e. The minimum absolute atomic E-state index is 0.199. The topological polar surface area (TPSA) is 99.5 Å². The highest BCUT2D eigenvalue weighted by Crippen LogP contribution is 2.26. The van der Waals surface area contributed by atoms with Gasteiger partial charge in [0.15, 0.2) is 12.4 Å². The van der Waals surface area contributed by atoms with Gasteiger partial charge in [-0.15, -0.1) is 0 Å². The van der Waals surface area contributed by atoms with Gasteiger partial charge in [0.25, 0.3) is 5.56 Å². The molecule has 1 N–H and O–H groups in total. The molecular weight excluding hydrogens is 434 g/mol. The number of hydrogen-bond acceptors (Lipinski definition) is 6. The summed E-state index contributed by atoms with van der Waals surface area (Å²) in [6, 6.07) is 8.45. The van der Waals surface area contributed by atoms with Gasteiger partial charge in [0, 0.05) is 6.54 Å². The maximum atomic E-state index is 13.7. The number of aryl methyl sites for hydroxylation is 2. The van der Waals surface area contributed by atoms with Crippen LogP contribution in [0.25, 0.3) is 16.6 Å². The second-order valence-corrected chi connectivity index (χ2v) is 7.44. The minimum atomic E-state index is -0.627. The van der Waals surface area contributed by atoms with Crippen LogP contribution in [0.2, 0.25) is 5.02 Å². The van der Waals surface area contributed by atoms with E-state index >= 15 is 0 Å². The summed E-state index contributed by atoms with van der Waals surface area (Å²) < 4.78 is 11.7. The molecule has 8 nitrogen and oxygen atoms in total. The van der Waals surface area contributed by atoms with Gasteiger partial charge < -0.3 is 14.8 Å². The number of nitrogens with one attached hydrogen (secondary N) is 1. The summed E-state index contributed by atoms with van der Waals surface area (Å²) >= 11 is 6.37. The Morgan fingerprint density at radius 2 is 1.88 bits per heavy atom. The van der Waals surface area contributed by atoms with Crippen molar-refractivity contribution in [1.29, 1.82) is 0 Å². The molecule has 1 amide bonds. The highest BCUT2D eigenvalue weighted by Gasteiger charge is 2.22. The number of rotatable bonds is 6. The van der Waals surface area contributed by atoms with E-state index in [0.29, 0.717) is 39.5 Å². The first-order chi connectivity index (χ1) is 15.3. The van der Waals surface area contributed by atoms with Crippen LogP contribution >= 0.6 is 11.6 Å². The normalized spacial score (nSPS) is 10.8. The Kier molecular flexibility index (Phi) is 7.15. The Bertz CT molecular complexity index is 1250. The van der Waals surface area contributed by atoms with E-state index in [1.165, 1.54) is 4.57 Å². The fourth-order valence-electron chi connectivity index (χ4n) is 3.56. The van der Waals surface area contributed by atoms with Gasteiger partial charge >= 0.3 is 12.1 Å². The van der Waals surface area contributed by atoms with Crippen LogP contribution in [0.5, 0.6) is 0 Å². The predicted molar refractivity (Wildman–Crippen MR) is 122 cm³/mol. The number of hydrogen-bond donors (Lipinski definition) is 1. The third kappa shape index (κ3) is 4.45. The van der Waals surface area contributed by atoms with Crippen LogP contribution in [0.3, 0.4) is 0 Å². The Morgan fingerprint density at radius 1 is 1.16 bits per heavy atom. The fourth-order valence-corrected chi connectivity index (χ4v) is 3.78. The molecule has 0 atom stereocenters. The Hall–Kier alpha value is -3.39. The molecule has 0 unspecified atom stereocenters. The van der Waals surface area contributed by atoms with Gasteiger partial charge in [-0.3, -0.25) is 9.36 Å². The molecule has 0 saturated carbocycles. The molecule has 2 aromatic carbocycles. The number of nitrogens with zero attached hydrogens (tertiary/aromatic N) is 2. The zero-order valence-corrected chi connectivity index (χ0v) is 19.1. The van der Waals surface area contributed by atoms with Crippen LogP contribution in [0.1, 0.15) is 41.2 Å². The number of esters is 1. The first-order valence-corrected chi connectivity index (χ1v) is 10.6. The van der Waals surface area contributed by atoms with E-state index in [9.17, 15) is 14.4 Å². The number of alkyl carbamates (subject to hydrolysis) is 1. The van der Waals surface area contributed by atoms with E-state index in [0.717, 1.165) is 0 Å². The molecule has 0 saturated heterocycles. The lowest BCUT2D eigenvalue weighted by Crippen LogP contribution is -2.28. The lowest BCUT2D eigenvalue weighted by atomic mass is 9.98. The molecule has 0 aliphatic heterocycles. The number of benzene rings is 2. The van der Waals surface area contributed by atoms with E-state index < -0.39 is 17.6 Å². The van der Waals surface area contributed by atoms with E-state index in [1.807, 2.05) is 0 Å². The van der Waals surface area contributed by atoms with Crippen LogP contribution in [0.4, 0.5) is 4.79 Å². The highest BCUT2D eigenvalue weighted by molar-refractivity contribution is 6.32. The SMILES string of the molecule is CCNC(=O)OCc1nc2cc(C)c(C(=O)OCC)c(C)c2c(=O)n1-c1ccccc1Cl. The van der Waals surface area contributed by atoms with Gasteiger partial charge in [-0.05, 0) is 57.0 Å². The molecule has 0 aliphatic carbocycles. The molecule has 1 aromatic heterocycles. The van der Waals surface area contributed by atoms with E-state index in [1.54, 1.807) is 58.0 Å². The van der Waals surface area contributed by atoms with Crippen molar-refractivity contribution in [2.75, 3.05) is 13.2 Å². The first kappa shape index (κ1) is 23.3. The maximum absolute atomic E-state index is 13.7. The zero-order valence-electron chi connectivity index (χ0n) is 18.3. The Morgan fingerprint density at radius 3 is 2.53 bits per heavy atom. The number of carbonyl (C=O) groups excluding carboxylic acids is 2. The second-order valence-electron chi connectivity index (χ2n) is 7.03. The van der Waals surface area contributed by atoms with Gasteiger partial charge in [0.05, 0.1) is 33.8 Å². The van der Waals surface area contributed by atoms with Crippen molar-refractivity contribution in [3.8, 4) is 5.69 Å². The number of halogens is 1. The molecule has 0 aliphatic rings. The van der Waals surface area contributed by atoms with Gasteiger partial charge in [0.2, 0.25) is 0 Å². The lowest BCUT2D eigenvalue weighted by molar-refractivity contribution is 0.0525. The van der Waals surface area contributed by atoms with Crippen molar-refractivity contribution in [1.82, 2.24) is 14.9 Å². The smallest absolute Gasteiger partial charge is 0.407 e. The lowest BCUT2D eigenvalue weighted by Gasteiger charge is -2.17.